The molecule has 0 amide bonds. The van der Waals surface area contributed by atoms with Crippen molar-refractivity contribution in [2.24, 2.45) is 0 Å². The number of hydrogen-bond donors (Lipinski definition) is 1. The molecule has 0 bridgehead atoms. The fraction of sp³-hybridized carbons (Fsp3) is 0.364. The summed E-state index contributed by atoms with van der Waals surface area (Å²) in [7, 11) is 0. The van der Waals surface area contributed by atoms with Gasteiger partial charge >= 0.3 is 5.97 Å². The molecule has 0 saturated heterocycles. The molecule has 1 atom stereocenters. The van der Waals surface area contributed by atoms with E-state index in [2.05, 4.69) is 0 Å². The van der Waals surface area contributed by atoms with Crippen molar-refractivity contribution in [1.29, 1.82) is 0 Å². The second-order valence-electron chi connectivity index (χ2n) is 3.63. The van der Waals surface area contributed by atoms with E-state index >= 15 is 0 Å². The molecule has 1 aliphatic rings. The van der Waals surface area contributed by atoms with Crippen LogP contribution in [0.5, 0.6) is 5.75 Å². The van der Waals surface area contributed by atoms with Crippen LogP contribution in [0, 0.1) is 5.82 Å². The monoisotopic (exact) mass is 210 g/mol. The fourth-order valence-corrected chi connectivity index (χ4v) is 1.72. The Morgan fingerprint density at radius 3 is 3.13 bits per heavy atom. The zero-order chi connectivity index (χ0) is 10.8. The Hall–Kier alpha value is -1.58. The van der Waals surface area contributed by atoms with Crippen LogP contribution in [0.4, 0.5) is 4.39 Å². The average Bonchev–Trinajstić information content (AvgIpc) is 2.56. The maximum absolute atomic E-state index is 12.8. The van der Waals surface area contributed by atoms with Crippen LogP contribution in [0.1, 0.15) is 18.4 Å². The zero-order valence-electron chi connectivity index (χ0n) is 8.07. The van der Waals surface area contributed by atoms with Crippen LogP contribution in [0.3, 0.4) is 0 Å². The van der Waals surface area contributed by atoms with Crippen molar-refractivity contribution in [2.75, 3.05) is 0 Å². The zero-order valence-corrected chi connectivity index (χ0v) is 8.07. The van der Waals surface area contributed by atoms with E-state index in [1.165, 1.54) is 12.1 Å². The highest BCUT2D eigenvalue weighted by Gasteiger charge is 2.23. The van der Waals surface area contributed by atoms with Gasteiger partial charge in [-0.05, 0) is 18.1 Å². The maximum Gasteiger partial charge on any atom is 0.303 e. The molecule has 0 aromatic heterocycles. The van der Waals surface area contributed by atoms with Gasteiger partial charge in [-0.15, -0.1) is 0 Å². The first-order chi connectivity index (χ1) is 7.15. The van der Waals surface area contributed by atoms with Crippen molar-refractivity contribution < 1.29 is 19.0 Å². The lowest BCUT2D eigenvalue weighted by molar-refractivity contribution is -0.137. The van der Waals surface area contributed by atoms with E-state index in [0.29, 0.717) is 18.6 Å². The molecule has 4 heteroatoms. The second-order valence-corrected chi connectivity index (χ2v) is 3.63. The van der Waals surface area contributed by atoms with Gasteiger partial charge in [0.15, 0.2) is 0 Å². The normalized spacial score (nSPS) is 18.3. The van der Waals surface area contributed by atoms with Gasteiger partial charge in [-0.25, -0.2) is 4.39 Å². The summed E-state index contributed by atoms with van der Waals surface area (Å²) in [6.45, 7) is 0. The SMILES string of the molecule is O=C(O)CCC1Cc2ccc(F)cc2O1. The summed E-state index contributed by atoms with van der Waals surface area (Å²) in [5.74, 6) is -0.612. The number of carboxylic acid groups (broad SMARTS) is 1. The standard InChI is InChI=1S/C11H11FO3/c12-8-2-1-7-5-9(3-4-11(13)14)15-10(7)6-8/h1-2,6,9H,3-5H2,(H,13,14). The summed E-state index contributed by atoms with van der Waals surface area (Å²) in [5, 5.41) is 8.52. The molecule has 0 saturated carbocycles. The molecule has 1 aliphatic heterocycles. The minimum atomic E-state index is -0.833. The first kappa shape index (κ1) is 9.96. The third-order valence-electron chi connectivity index (χ3n) is 2.45. The molecule has 0 radical (unpaired) electrons. The topological polar surface area (TPSA) is 46.5 Å². The maximum atomic E-state index is 12.8. The number of fused-ring (bicyclic) bond motifs is 1. The Morgan fingerprint density at radius 2 is 2.40 bits per heavy atom. The van der Waals surface area contributed by atoms with Crippen molar-refractivity contribution in [1.82, 2.24) is 0 Å². The molecule has 3 nitrogen and oxygen atoms in total. The van der Waals surface area contributed by atoms with Gasteiger partial charge < -0.3 is 9.84 Å². The number of carboxylic acids is 1. The predicted molar refractivity (Wildman–Crippen MR) is 51.4 cm³/mol. The van der Waals surface area contributed by atoms with E-state index < -0.39 is 5.97 Å². The van der Waals surface area contributed by atoms with E-state index in [1.807, 2.05) is 0 Å². The molecular weight excluding hydrogens is 199 g/mol. The van der Waals surface area contributed by atoms with Crippen LogP contribution in [0.25, 0.3) is 0 Å². The Bertz CT molecular complexity index is 389. The lowest BCUT2D eigenvalue weighted by Crippen LogP contribution is -2.14. The Kier molecular flexibility index (Phi) is 2.58. The Morgan fingerprint density at radius 1 is 1.60 bits per heavy atom. The van der Waals surface area contributed by atoms with Crippen LogP contribution >= 0.6 is 0 Å². The number of hydrogen-bond acceptors (Lipinski definition) is 2. The van der Waals surface area contributed by atoms with Gasteiger partial charge in [0.25, 0.3) is 0 Å². The Labute approximate surface area is 86.5 Å². The van der Waals surface area contributed by atoms with E-state index in [1.54, 1.807) is 6.07 Å². The van der Waals surface area contributed by atoms with E-state index in [-0.39, 0.29) is 18.3 Å². The largest absolute Gasteiger partial charge is 0.490 e. The highest BCUT2D eigenvalue weighted by Crippen LogP contribution is 2.30. The van der Waals surface area contributed by atoms with Gasteiger partial charge in [0.1, 0.15) is 17.7 Å². The van der Waals surface area contributed by atoms with Gasteiger partial charge in [0.05, 0.1) is 0 Å². The van der Waals surface area contributed by atoms with Crippen LogP contribution in [0.2, 0.25) is 0 Å². The number of aliphatic carboxylic acids is 1. The van der Waals surface area contributed by atoms with Gasteiger partial charge in [-0.1, -0.05) is 6.07 Å². The number of benzene rings is 1. The lowest BCUT2D eigenvalue weighted by Gasteiger charge is -2.08. The quantitative estimate of drug-likeness (QED) is 0.829. The molecule has 0 fully saturated rings. The highest BCUT2D eigenvalue weighted by molar-refractivity contribution is 5.66. The Balaban J connectivity index is 2.00. The van der Waals surface area contributed by atoms with Crippen molar-refractivity contribution in [3.05, 3.63) is 29.6 Å². The first-order valence-corrected chi connectivity index (χ1v) is 4.82. The van der Waals surface area contributed by atoms with Crippen LogP contribution in [-0.4, -0.2) is 17.2 Å². The molecule has 1 aromatic carbocycles. The summed E-state index contributed by atoms with van der Waals surface area (Å²) in [5.41, 5.74) is 0.951. The smallest absolute Gasteiger partial charge is 0.303 e. The highest BCUT2D eigenvalue weighted by atomic mass is 19.1. The summed E-state index contributed by atoms with van der Waals surface area (Å²) in [6.07, 6.45) is 1.09. The van der Waals surface area contributed by atoms with E-state index in [4.69, 9.17) is 9.84 Å². The molecule has 80 valence electrons. The number of carbonyl (C=O) groups is 1. The first-order valence-electron chi connectivity index (χ1n) is 4.82. The van der Waals surface area contributed by atoms with Crippen molar-refractivity contribution in [3.63, 3.8) is 0 Å². The molecule has 0 spiro atoms. The summed E-state index contributed by atoms with van der Waals surface area (Å²) in [4.78, 5) is 10.4. The molecule has 1 heterocycles. The number of halogens is 1. The van der Waals surface area contributed by atoms with Crippen molar-refractivity contribution in [3.8, 4) is 5.75 Å². The van der Waals surface area contributed by atoms with E-state index in [9.17, 15) is 9.18 Å². The predicted octanol–water partition coefficient (Wildman–Crippen LogP) is 1.99. The van der Waals surface area contributed by atoms with Gasteiger partial charge in [0.2, 0.25) is 0 Å². The van der Waals surface area contributed by atoms with Crippen molar-refractivity contribution in [2.45, 2.75) is 25.4 Å². The minimum absolute atomic E-state index is 0.0845. The summed E-state index contributed by atoms with van der Waals surface area (Å²) in [6, 6.07) is 4.42. The average molecular weight is 210 g/mol. The van der Waals surface area contributed by atoms with Crippen LogP contribution < -0.4 is 4.74 Å². The van der Waals surface area contributed by atoms with Crippen LogP contribution in [-0.2, 0) is 11.2 Å². The van der Waals surface area contributed by atoms with Gasteiger partial charge in [-0.2, -0.15) is 0 Å². The van der Waals surface area contributed by atoms with Gasteiger partial charge in [0, 0.05) is 18.9 Å². The fourth-order valence-electron chi connectivity index (χ4n) is 1.72. The second kappa shape index (κ2) is 3.88. The van der Waals surface area contributed by atoms with E-state index in [0.717, 1.165) is 5.56 Å². The molecule has 2 rings (SSSR count). The summed E-state index contributed by atoms with van der Waals surface area (Å²) >= 11 is 0. The molecule has 1 aromatic rings. The van der Waals surface area contributed by atoms with Crippen molar-refractivity contribution >= 4 is 5.97 Å². The minimum Gasteiger partial charge on any atom is -0.490 e. The third-order valence-corrected chi connectivity index (χ3v) is 2.45. The molecule has 15 heavy (non-hydrogen) atoms. The number of rotatable bonds is 3. The number of ether oxygens (including phenoxy) is 1. The molecule has 0 aliphatic carbocycles. The lowest BCUT2D eigenvalue weighted by atomic mass is 10.1. The van der Waals surface area contributed by atoms with Gasteiger partial charge in [-0.3, -0.25) is 4.79 Å². The molecular formula is C11H11FO3. The molecule has 1 N–H and O–H groups in total. The molecule has 1 unspecified atom stereocenters. The van der Waals surface area contributed by atoms with Crippen LogP contribution in [0.15, 0.2) is 18.2 Å². The summed E-state index contributed by atoms with van der Waals surface area (Å²) < 4.78 is 18.3. The third kappa shape index (κ3) is 2.26.